The maximum absolute atomic E-state index is 12.4. The SMILES string of the molecule is CCOc1ccc(N2CCn3c(SCC(=O)Nc4cc(Cl)ccc4OC)nnc32)cc1. The van der Waals surface area contributed by atoms with Gasteiger partial charge in [-0.3, -0.25) is 9.36 Å². The van der Waals surface area contributed by atoms with E-state index in [1.54, 1.807) is 25.3 Å². The minimum absolute atomic E-state index is 0.177. The molecule has 1 amide bonds. The van der Waals surface area contributed by atoms with E-state index in [0.717, 1.165) is 30.5 Å². The van der Waals surface area contributed by atoms with Crippen LogP contribution >= 0.6 is 23.4 Å². The summed E-state index contributed by atoms with van der Waals surface area (Å²) in [6, 6.07) is 13.0. The number of hydrogen-bond donors (Lipinski definition) is 1. The Morgan fingerprint density at radius 2 is 2.00 bits per heavy atom. The van der Waals surface area contributed by atoms with Crippen molar-refractivity contribution in [2.24, 2.45) is 0 Å². The Labute approximate surface area is 189 Å². The van der Waals surface area contributed by atoms with Crippen LogP contribution in [-0.2, 0) is 11.3 Å². The van der Waals surface area contributed by atoms with Gasteiger partial charge in [-0.15, -0.1) is 10.2 Å². The molecule has 31 heavy (non-hydrogen) atoms. The van der Waals surface area contributed by atoms with Gasteiger partial charge in [-0.2, -0.15) is 0 Å². The monoisotopic (exact) mass is 459 g/mol. The van der Waals surface area contributed by atoms with Gasteiger partial charge < -0.3 is 19.7 Å². The van der Waals surface area contributed by atoms with Gasteiger partial charge in [0, 0.05) is 23.8 Å². The van der Waals surface area contributed by atoms with Crippen LogP contribution in [0.25, 0.3) is 0 Å². The number of halogens is 1. The molecule has 0 aliphatic carbocycles. The highest BCUT2D eigenvalue weighted by Crippen LogP contribution is 2.33. The van der Waals surface area contributed by atoms with Gasteiger partial charge in [0.15, 0.2) is 5.16 Å². The van der Waals surface area contributed by atoms with E-state index in [2.05, 4.69) is 20.4 Å². The molecule has 1 aliphatic heterocycles. The fourth-order valence-electron chi connectivity index (χ4n) is 3.31. The van der Waals surface area contributed by atoms with Crippen LogP contribution in [0.2, 0.25) is 5.02 Å². The van der Waals surface area contributed by atoms with E-state index in [1.165, 1.54) is 11.8 Å². The van der Waals surface area contributed by atoms with Crippen LogP contribution in [0.15, 0.2) is 47.6 Å². The average molecular weight is 460 g/mol. The number of ether oxygens (including phenoxy) is 2. The van der Waals surface area contributed by atoms with Crippen molar-refractivity contribution in [1.82, 2.24) is 14.8 Å². The topological polar surface area (TPSA) is 81.5 Å². The molecule has 4 rings (SSSR count). The highest BCUT2D eigenvalue weighted by Gasteiger charge is 2.26. The van der Waals surface area contributed by atoms with Gasteiger partial charge in [-0.25, -0.2) is 0 Å². The minimum atomic E-state index is -0.177. The molecule has 1 N–H and O–H groups in total. The molecular formula is C21H22ClN5O3S. The molecule has 1 aliphatic rings. The number of benzene rings is 2. The van der Waals surface area contributed by atoms with Crippen LogP contribution in [0.4, 0.5) is 17.3 Å². The number of methoxy groups -OCH3 is 1. The lowest BCUT2D eigenvalue weighted by molar-refractivity contribution is -0.113. The maximum atomic E-state index is 12.4. The summed E-state index contributed by atoms with van der Waals surface area (Å²) < 4.78 is 12.8. The van der Waals surface area contributed by atoms with Gasteiger partial charge in [0.1, 0.15) is 11.5 Å². The fraction of sp³-hybridized carbons (Fsp3) is 0.286. The molecule has 2 heterocycles. The predicted octanol–water partition coefficient (Wildman–Crippen LogP) is 4.22. The Balaban J connectivity index is 1.40. The Morgan fingerprint density at radius 1 is 1.19 bits per heavy atom. The van der Waals surface area contributed by atoms with E-state index < -0.39 is 0 Å². The smallest absolute Gasteiger partial charge is 0.234 e. The predicted molar refractivity (Wildman–Crippen MR) is 122 cm³/mol. The molecule has 162 valence electrons. The van der Waals surface area contributed by atoms with Crippen LogP contribution in [0.5, 0.6) is 11.5 Å². The number of anilines is 3. The maximum Gasteiger partial charge on any atom is 0.234 e. The number of nitrogens with one attached hydrogen (secondary N) is 1. The Morgan fingerprint density at radius 3 is 2.74 bits per heavy atom. The standard InChI is InChI=1S/C21H22ClN5O3S/c1-3-30-16-7-5-15(6-8-16)26-10-11-27-20(26)24-25-21(27)31-13-19(28)23-17-12-14(22)4-9-18(17)29-2/h4-9,12H,3,10-11,13H2,1-2H3,(H,23,28). The largest absolute Gasteiger partial charge is 0.495 e. The number of aromatic nitrogens is 3. The first-order chi connectivity index (χ1) is 15.1. The lowest BCUT2D eigenvalue weighted by Crippen LogP contribution is -2.15. The number of amides is 1. The van der Waals surface area contributed by atoms with E-state index in [1.807, 2.05) is 35.8 Å². The zero-order chi connectivity index (χ0) is 21.8. The van der Waals surface area contributed by atoms with Crippen molar-refractivity contribution in [2.45, 2.75) is 18.6 Å². The lowest BCUT2D eigenvalue weighted by Gasteiger charge is -2.15. The lowest BCUT2D eigenvalue weighted by atomic mass is 10.3. The van der Waals surface area contributed by atoms with Crippen molar-refractivity contribution in [3.05, 3.63) is 47.5 Å². The molecule has 8 nitrogen and oxygen atoms in total. The van der Waals surface area contributed by atoms with Crippen molar-refractivity contribution in [3.63, 3.8) is 0 Å². The third kappa shape index (κ3) is 4.72. The first kappa shape index (κ1) is 21.3. The van der Waals surface area contributed by atoms with E-state index in [0.29, 0.717) is 28.2 Å². The number of rotatable bonds is 8. The average Bonchev–Trinajstić information content (AvgIpc) is 3.36. The molecule has 0 saturated carbocycles. The summed E-state index contributed by atoms with van der Waals surface area (Å²) in [6.07, 6.45) is 0. The van der Waals surface area contributed by atoms with E-state index in [4.69, 9.17) is 21.1 Å². The molecule has 0 radical (unpaired) electrons. The van der Waals surface area contributed by atoms with Crippen molar-refractivity contribution in [1.29, 1.82) is 0 Å². The Kier molecular flexibility index (Phi) is 6.53. The molecular weight excluding hydrogens is 438 g/mol. The number of hydrogen-bond acceptors (Lipinski definition) is 7. The number of carbonyl (C=O) groups is 1. The van der Waals surface area contributed by atoms with E-state index in [9.17, 15) is 4.79 Å². The third-order valence-electron chi connectivity index (χ3n) is 4.71. The number of thioether (sulfide) groups is 1. The van der Waals surface area contributed by atoms with E-state index >= 15 is 0 Å². The fourth-order valence-corrected chi connectivity index (χ4v) is 4.24. The zero-order valence-electron chi connectivity index (χ0n) is 17.2. The second kappa shape index (κ2) is 9.49. The number of carbonyl (C=O) groups excluding carboxylic acids is 1. The van der Waals surface area contributed by atoms with Gasteiger partial charge in [0.05, 0.1) is 25.2 Å². The van der Waals surface area contributed by atoms with Crippen molar-refractivity contribution < 1.29 is 14.3 Å². The van der Waals surface area contributed by atoms with Crippen LogP contribution in [-0.4, -0.2) is 46.7 Å². The quantitative estimate of drug-likeness (QED) is 0.505. The van der Waals surface area contributed by atoms with Gasteiger partial charge in [0.2, 0.25) is 11.9 Å². The summed E-state index contributed by atoms with van der Waals surface area (Å²) in [5.41, 5.74) is 1.56. The molecule has 1 aromatic heterocycles. The molecule has 2 aromatic carbocycles. The van der Waals surface area contributed by atoms with Gasteiger partial charge >= 0.3 is 0 Å². The van der Waals surface area contributed by atoms with Gasteiger partial charge in [-0.05, 0) is 49.4 Å². The summed E-state index contributed by atoms with van der Waals surface area (Å²) in [7, 11) is 1.54. The highest BCUT2D eigenvalue weighted by molar-refractivity contribution is 7.99. The first-order valence-electron chi connectivity index (χ1n) is 9.79. The van der Waals surface area contributed by atoms with Crippen LogP contribution < -0.4 is 19.7 Å². The summed E-state index contributed by atoms with van der Waals surface area (Å²) >= 11 is 7.36. The summed E-state index contributed by atoms with van der Waals surface area (Å²) in [5.74, 6) is 2.17. The molecule has 10 heteroatoms. The molecule has 0 spiro atoms. The van der Waals surface area contributed by atoms with Crippen LogP contribution in [0.3, 0.4) is 0 Å². The molecule has 0 bridgehead atoms. The molecule has 0 atom stereocenters. The zero-order valence-corrected chi connectivity index (χ0v) is 18.7. The number of nitrogens with zero attached hydrogens (tertiary/aromatic N) is 4. The van der Waals surface area contributed by atoms with Crippen LogP contribution in [0.1, 0.15) is 6.92 Å². The highest BCUT2D eigenvalue weighted by atomic mass is 35.5. The normalized spacial score (nSPS) is 12.5. The third-order valence-corrected chi connectivity index (χ3v) is 5.92. The number of fused-ring (bicyclic) bond motifs is 1. The van der Waals surface area contributed by atoms with Crippen LogP contribution in [0, 0.1) is 0 Å². The molecule has 0 unspecified atom stereocenters. The minimum Gasteiger partial charge on any atom is -0.495 e. The van der Waals surface area contributed by atoms with Gasteiger partial charge in [-0.1, -0.05) is 23.4 Å². The van der Waals surface area contributed by atoms with Crippen molar-refractivity contribution in [3.8, 4) is 11.5 Å². The van der Waals surface area contributed by atoms with Gasteiger partial charge in [0.25, 0.3) is 0 Å². The summed E-state index contributed by atoms with van der Waals surface area (Å²) in [6.45, 7) is 4.14. The molecule has 0 saturated heterocycles. The summed E-state index contributed by atoms with van der Waals surface area (Å²) in [5, 5.41) is 12.7. The van der Waals surface area contributed by atoms with E-state index in [-0.39, 0.29) is 11.7 Å². The summed E-state index contributed by atoms with van der Waals surface area (Å²) in [4.78, 5) is 14.5. The van der Waals surface area contributed by atoms with Crippen molar-refractivity contribution in [2.75, 3.05) is 36.2 Å². The second-order valence-electron chi connectivity index (χ2n) is 6.69. The Bertz CT molecular complexity index is 1070. The Hall–Kier alpha value is -2.91. The molecule has 0 fully saturated rings. The molecule has 3 aromatic rings. The van der Waals surface area contributed by atoms with Crippen molar-refractivity contribution >= 4 is 46.6 Å². The first-order valence-corrected chi connectivity index (χ1v) is 11.1. The second-order valence-corrected chi connectivity index (χ2v) is 8.07.